The van der Waals surface area contributed by atoms with Gasteiger partial charge in [0.15, 0.2) is 5.65 Å². The summed E-state index contributed by atoms with van der Waals surface area (Å²) < 4.78 is 2.07. The maximum absolute atomic E-state index is 6.04. The van der Waals surface area contributed by atoms with Crippen molar-refractivity contribution in [2.45, 2.75) is 27.3 Å². The number of pyridine rings is 1. The zero-order valence-electron chi connectivity index (χ0n) is 14.7. The van der Waals surface area contributed by atoms with E-state index in [0.717, 1.165) is 34.7 Å². The molecule has 4 nitrogen and oxygen atoms in total. The number of allylic oxidation sites excluding steroid dienone is 6. The van der Waals surface area contributed by atoms with Gasteiger partial charge in [0.1, 0.15) is 0 Å². The van der Waals surface area contributed by atoms with E-state index < -0.39 is 0 Å². The van der Waals surface area contributed by atoms with Crippen molar-refractivity contribution >= 4 is 16.9 Å². The van der Waals surface area contributed by atoms with Crippen molar-refractivity contribution in [3.63, 3.8) is 0 Å². The van der Waals surface area contributed by atoms with Gasteiger partial charge in [-0.05, 0) is 32.4 Å². The van der Waals surface area contributed by atoms with Crippen molar-refractivity contribution in [1.29, 1.82) is 0 Å². The van der Waals surface area contributed by atoms with Crippen molar-refractivity contribution in [2.75, 3.05) is 11.9 Å². The summed E-state index contributed by atoms with van der Waals surface area (Å²) in [5.74, 6) is 0. The lowest BCUT2D eigenvalue weighted by molar-refractivity contribution is 0.938. The number of hydrogen-bond donors (Lipinski definition) is 2. The molecule has 0 fully saturated rings. The summed E-state index contributed by atoms with van der Waals surface area (Å²) in [7, 11) is 0. The van der Waals surface area contributed by atoms with E-state index in [1.165, 1.54) is 5.57 Å². The monoisotopic (exact) mass is 322 g/mol. The van der Waals surface area contributed by atoms with Gasteiger partial charge >= 0.3 is 0 Å². The van der Waals surface area contributed by atoms with Gasteiger partial charge in [-0.2, -0.15) is 0 Å². The molecule has 126 valence electrons. The average Bonchev–Trinajstić information content (AvgIpc) is 3.07. The lowest BCUT2D eigenvalue weighted by atomic mass is 10.0. The van der Waals surface area contributed by atoms with Gasteiger partial charge in [0, 0.05) is 36.7 Å². The standard InChI is InChI=1S/C20H26N4/c1-5-8-15(4)14-23-18-12-17(16(7-3)9-6-2)19(13-21)24-11-10-22-20(18)24/h5-12,23H,1,13-14,21H2,2-4H3/b9-6-,15-8+,16-7+. The van der Waals surface area contributed by atoms with Gasteiger partial charge in [0.25, 0.3) is 0 Å². The summed E-state index contributed by atoms with van der Waals surface area (Å²) in [5, 5.41) is 3.48. The third-order valence-corrected chi connectivity index (χ3v) is 3.89. The molecule has 0 unspecified atom stereocenters. The largest absolute Gasteiger partial charge is 0.378 e. The highest BCUT2D eigenvalue weighted by atomic mass is 15.0. The van der Waals surface area contributed by atoms with Crippen LogP contribution >= 0.6 is 0 Å². The Bertz CT molecular complexity index is 806. The first-order valence-corrected chi connectivity index (χ1v) is 8.16. The first-order valence-electron chi connectivity index (χ1n) is 8.16. The van der Waals surface area contributed by atoms with Gasteiger partial charge in [-0.25, -0.2) is 4.98 Å². The van der Waals surface area contributed by atoms with Crippen LogP contribution in [0, 0.1) is 0 Å². The van der Waals surface area contributed by atoms with Crippen molar-refractivity contribution in [1.82, 2.24) is 9.38 Å². The molecule has 0 aliphatic heterocycles. The van der Waals surface area contributed by atoms with Gasteiger partial charge in [0.2, 0.25) is 0 Å². The molecule has 0 amide bonds. The number of imidazole rings is 1. The molecule has 2 heterocycles. The molecule has 24 heavy (non-hydrogen) atoms. The summed E-state index contributed by atoms with van der Waals surface area (Å²) in [4.78, 5) is 4.49. The molecule has 0 atom stereocenters. The fourth-order valence-corrected chi connectivity index (χ4v) is 2.75. The van der Waals surface area contributed by atoms with Crippen LogP contribution < -0.4 is 11.1 Å². The number of rotatable bonds is 7. The van der Waals surface area contributed by atoms with E-state index in [2.05, 4.69) is 46.4 Å². The predicted octanol–water partition coefficient (Wildman–Crippen LogP) is 4.32. The number of fused-ring (bicyclic) bond motifs is 1. The van der Waals surface area contributed by atoms with Crippen molar-refractivity contribution in [2.24, 2.45) is 5.73 Å². The molecule has 2 aromatic heterocycles. The number of nitrogens with zero attached hydrogens (tertiary/aromatic N) is 2. The van der Waals surface area contributed by atoms with Crippen LogP contribution in [0.25, 0.3) is 11.2 Å². The zero-order valence-corrected chi connectivity index (χ0v) is 14.7. The van der Waals surface area contributed by atoms with Crippen molar-refractivity contribution in [3.05, 3.63) is 72.2 Å². The minimum absolute atomic E-state index is 0.451. The second-order valence-electron chi connectivity index (χ2n) is 5.59. The van der Waals surface area contributed by atoms with E-state index in [0.29, 0.717) is 6.54 Å². The average molecular weight is 322 g/mol. The lowest BCUT2D eigenvalue weighted by Crippen LogP contribution is -2.11. The molecule has 2 rings (SSSR count). The summed E-state index contributed by atoms with van der Waals surface area (Å²) >= 11 is 0. The van der Waals surface area contributed by atoms with Gasteiger partial charge in [0.05, 0.1) is 5.69 Å². The number of nitrogens with one attached hydrogen (secondary N) is 1. The Hall–Kier alpha value is -2.59. The molecule has 0 aromatic carbocycles. The minimum atomic E-state index is 0.451. The van der Waals surface area contributed by atoms with E-state index in [-0.39, 0.29) is 0 Å². The Morgan fingerprint density at radius 1 is 1.42 bits per heavy atom. The SMILES string of the molecule is C=C/C=C(\C)CNc1cc(C(/C=C\C)=C/C)c(CN)n2ccnc12. The highest BCUT2D eigenvalue weighted by molar-refractivity contribution is 5.81. The van der Waals surface area contributed by atoms with Crippen LogP contribution in [0.1, 0.15) is 32.0 Å². The van der Waals surface area contributed by atoms with Crippen LogP contribution in [0.4, 0.5) is 5.69 Å². The summed E-state index contributed by atoms with van der Waals surface area (Å²) in [6.07, 6.45) is 13.8. The highest BCUT2D eigenvalue weighted by Gasteiger charge is 2.13. The van der Waals surface area contributed by atoms with E-state index in [1.54, 1.807) is 12.3 Å². The van der Waals surface area contributed by atoms with Gasteiger partial charge in [-0.15, -0.1) is 0 Å². The molecule has 0 saturated heterocycles. The molecular weight excluding hydrogens is 296 g/mol. The topological polar surface area (TPSA) is 55.3 Å². The fourth-order valence-electron chi connectivity index (χ4n) is 2.75. The maximum atomic E-state index is 6.04. The van der Waals surface area contributed by atoms with E-state index in [4.69, 9.17) is 5.73 Å². The number of aromatic nitrogens is 2. The van der Waals surface area contributed by atoms with Gasteiger partial charge in [-0.1, -0.05) is 42.5 Å². The van der Waals surface area contributed by atoms with Crippen LogP contribution in [0.15, 0.2) is 61.0 Å². The first-order chi connectivity index (χ1) is 11.7. The maximum Gasteiger partial charge on any atom is 0.160 e. The van der Waals surface area contributed by atoms with Crippen LogP contribution in [0.5, 0.6) is 0 Å². The molecule has 4 heteroatoms. The normalized spacial score (nSPS) is 13.0. The van der Waals surface area contributed by atoms with Crippen molar-refractivity contribution < 1.29 is 0 Å². The molecule has 0 bridgehead atoms. The second-order valence-corrected chi connectivity index (χ2v) is 5.59. The summed E-state index contributed by atoms with van der Waals surface area (Å²) in [5.41, 5.74) is 12.5. The van der Waals surface area contributed by atoms with E-state index >= 15 is 0 Å². The van der Waals surface area contributed by atoms with Gasteiger partial charge in [-0.3, -0.25) is 0 Å². The Morgan fingerprint density at radius 3 is 2.83 bits per heavy atom. The molecule has 2 aromatic rings. The number of anilines is 1. The smallest absolute Gasteiger partial charge is 0.160 e. The summed E-state index contributed by atoms with van der Waals surface area (Å²) in [6, 6.07) is 2.14. The molecule has 0 spiro atoms. The molecule has 0 aliphatic rings. The van der Waals surface area contributed by atoms with Crippen molar-refractivity contribution in [3.8, 4) is 0 Å². The molecule has 3 N–H and O–H groups in total. The van der Waals surface area contributed by atoms with Crippen LogP contribution in [-0.2, 0) is 6.54 Å². The van der Waals surface area contributed by atoms with E-state index in [9.17, 15) is 0 Å². The fraction of sp³-hybridized carbons (Fsp3) is 0.250. The first kappa shape index (κ1) is 17.8. The van der Waals surface area contributed by atoms with Crippen LogP contribution in [0.3, 0.4) is 0 Å². The predicted molar refractivity (Wildman–Crippen MR) is 104 cm³/mol. The Morgan fingerprint density at radius 2 is 2.21 bits per heavy atom. The lowest BCUT2D eigenvalue weighted by Gasteiger charge is -2.16. The Labute approximate surface area is 144 Å². The molecule has 0 aliphatic carbocycles. The quantitative estimate of drug-likeness (QED) is 0.747. The van der Waals surface area contributed by atoms with Crippen LogP contribution in [0.2, 0.25) is 0 Å². The van der Waals surface area contributed by atoms with Gasteiger partial charge < -0.3 is 15.5 Å². The van der Waals surface area contributed by atoms with E-state index in [1.807, 2.05) is 32.2 Å². The minimum Gasteiger partial charge on any atom is -0.378 e. The van der Waals surface area contributed by atoms with Crippen LogP contribution in [-0.4, -0.2) is 15.9 Å². The molecule has 0 saturated carbocycles. The number of nitrogens with two attached hydrogens (primary N) is 1. The third-order valence-electron chi connectivity index (χ3n) is 3.89. The Kier molecular flexibility index (Phi) is 6.15. The highest BCUT2D eigenvalue weighted by Crippen LogP contribution is 2.28. The Balaban J connectivity index is 2.57. The summed E-state index contributed by atoms with van der Waals surface area (Å²) in [6.45, 7) is 11.1. The second kappa shape index (κ2) is 8.31. The zero-order chi connectivity index (χ0) is 17.5. The molecule has 0 radical (unpaired) electrons. The third kappa shape index (κ3) is 3.66. The number of hydrogen-bond acceptors (Lipinski definition) is 3. The molecular formula is C20H26N4.